The molecule has 0 radical (unpaired) electrons. The summed E-state index contributed by atoms with van der Waals surface area (Å²) in [5.41, 5.74) is -0.324. The van der Waals surface area contributed by atoms with Gasteiger partial charge in [0, 0.05) is 27.2 Å². The third-order valence-electron chi connectivity index (χ3n) is 3.01. The second-order valence-corrected chi connectivity index (χ2v) is 3.46. The highest BCUT2D eigenvalue weighted by molar-refractivity contribution is 4.88. The molecule has 0 amide bonds. The van der Waals surface area contributed by atoms with Crippen LogP contribution in [-0.2, 0) is 9.47 Å². The molecule has 0 aromatic carbocycles. The zero-order chi connectivity index (χ0) is 9.90. The van der Waals surface area contributed by atoms with Gasteiger partial charge in [0.25, 0.3) is 0 Å². The fraction of sp³-hybridized carbons (Fsp3) is 1.00. The SMILES string of the molecule is CO[C@@H]1CC[C@](CCO)(OC)N1C. The lowest BCUT2D eigenvalue weighted by atomic mass is 10.1. The highest BCUT2D eigenvalue weighted by atomic mass is 16.5. The number of likely N-dealkylation sites (tertiary alicyclic amines) is 1. The van der Waals surface area contributed by atoms with Crippen LogP contribution in [0.15, 0.2) is 0 Å². The second-order valence-electron chi connectivity index (χ2n) is 3.46. The van der Waals surface area contributed by atoms with E-state index in [1.54, 1.807) is 14.2 Å². The standard InChI is InChI=1S/C9H19NO3/c1-10-8(12-2)4-5-9(10,13-3)6-7-11/h8,11H,4-7H2,1-3H3/t8-,9-/m1/s1. The van der Waals surface area contributed by atoms with Crippen molar-refractivity contribution in [3.05, 3.63) is 0 Å². The van der Waals surface area contributed by atoms with Crippen LogP contribution in [0.1, 0.15) is 19.3 Å². The van der Waals surface area contributed by atoms with Crippen molar-refractivity contribution >= 4 is 0 Å². The Labute approximate surface area is 79.4 Å². The topological polar surface area (TPSA) is 41.9 Å². The Kier molecular flexibility index (Phi) is 3.67. The van der Waals surface area contributed by atoms with E-state index in [4.69, 9.17) is 14.6 Å². The minimum Gasteiger partial charge on any atom is -0.396 e. The summed E-state index contributed by atoms with van der Waals surface area (Å²) in [7, 11) is 5.36. The summed E-state index contributed by atoms with van der Waals surface area (Å²) in [4.78, 5) is 2.06. The lowest BCUT2D eigenvalue weighted by molar-refractivity contribution is -0.156. The van der Waals surface area contributed by atoms with Gasteiger partial charge in [0.15, 0.2) is 0 Å². The van der Waals surface area contributed by atoms with Crippen molar-refractivity contribution in [3.8, 4) is 0 Å². The molecule has 4 heteroatoms. The van der Waals surface area contributed by atoms with Crippen LogP contribution in [0.2, 0.25) is 0 Å². The third-order valence-corrected chi connectivity index (χ3v) is 3.01. The van der Waals surface area contributed by atoms with E-state index in [0.717, 1.165) is 12.8 Å². The molecule has 0 aliphatic carbocycles. The second kappa shape index (κ2) is 4.37. The normalized spacial score (nSPS) is 35.5. The maximum Gasteiger partial charge on any atom is 0.125 e. The summed E-state index contributed by atoms with van der Waals surface area (Å²) in [6.07, 6.45) is 2.63. The van der Waals surface area contributed by atoms with Gasteiger partial charge in [0.05, 0.1) is 0 Å². The Balaban J connectivity index is 2.66. The average molecular weight is 189 g/mol. The van der Waals surface area contributed by atoms with E-state index in [0.29, 0.717) is 6.42 Å². The Morgan fingerprint density at radius 3 is 2.62 bits per heavy atom. The highest BCUT2D eigenvalue weighted by Crippen LogP contribution is 2.35. The van der Waals surface area contributed by atoms with Gasteiger partial charge in [-0.3, -0.25) is 4.90 Å². The molecule has 0 bridgehead atoms. The molecule has 0 aromatic rings. The highest BCUT2D eigenvalue weighted by Gasteiger charge is 2.44. The minimum atomic E-state index is -0.324. The van der Waals surface area contributed by atoms with E-state index >= 15 is 0 Å². The van der Waals surface area contributed by atoms with Gasteiger partial charge in [0.1, 0.15) is 12.0 Å². The van der Waals surface area contributed by atoms with Crippen molar-refractivity contribution in [2.45, 2.75) is 31.2 Å². The smallest absolute Gasteiger partial charge is 0.125 e. The van der Waals surface area contributed by atoms with Crippen LogP contribution in [0.3, 0.4) is 0 Å². The van der Waals surface area contributed by atoms with Crippen LogP contribution in [0.5, 0.6) is 0 Å². The van der Waals surface area contributed by atoms with E-state index in [1.165, 1.54) is 0 Å². The molecular formula is C9H19NO3. The number of methoxy groups -OCH3 is 2. The summed E-state index contributed by atoms with van der Waals surface area (Å²) in [6, 6.07) is 0. The van der Waals surface area contributed by atoms with Gasteiger partial charge in [-0.2, -0.15) is 0 Å². The molecule has 78 valence electrons. The molecule has 1 saturated heterocycles. The fourth-order valence-corrected chi connectivity index (χ4v) is 2.08. The number of ether oxygens (including phenoxy) is 2. The molecule has 1 fully saturated rings. The Morgan fingerprint density at radius 1 is 1.54 bits per heavy atom. The Hall–Kier alpha value is -0.160. The summed E-state index contributed by atoms with van der Waals surface area (Å²) in [5.74, 6) is 0. The van der Waals surface area contributed by atoms with Crippen LogP contribution in [0, 0.1) is 0 Å². The van der Waals surface area contributed by atoms with E-state index in [2.05, 4.69) is 4.90 Å². The van der Waals surface area contributed by atoms with Crippen LogP contribution < -0.4 is 0 Å². The van der Waals surface area contributed by atoms with E-state index in [1.807, 2.05) is 7.05 Å². The summed E-state index contributed by atoms with van der Waals surface area (Å²) in [5, 5.41) is 8.95. The predicted octanol–water partition coefficient (Wildman–Crippen LogP) is 0.410. The minimum absolute atomic E-state index is 0.117. The number of nitrogens with zero attached hydrogens (tertiary/aromatic N) is 1. The molecule has 1 aliphatic heterocycles. The molecule has 13 heavy (non-hydrogen) atoms. The zero-order valence-electron chi connectivity index (χ0n) is 8.62. The number of aliphatic hydroxyl groups excluding tert-OH is 1. The summed E-state index contributed by atoms with van der Waals surface area (Å²) < 4.78 is 10.8. The molecule has 1 aliphatic rings. The van der Waals surface area contributed by atoms with Gasteiger partial charge in [-0.25, -0.2) is 0 Å². The molecule has 1 rings (SSSR count). The van der Waals surface area contributed by atoms with Crippen molar-refractivity contribution in [3.63, 3.8) is 0 Å². The van der Waals surface area contributed by atoms with Crippen molar-refractivity contribution < 1.29 is 14.6 Å². The van der Waals surface area contributed by atoms with Crippen molar-refractivity contribution in [1.82, 2.24) is 4.90 Å². The van der Waals surface area contributed by atoms with Gasteiger partial charge < -0.3 is 14.6 Å². The third kappa shape index (κ3) is 1.86. The Morgan fingerprint density at radius 2 is 2.23 bits per heavy atom. The van der Waals surface area contributed by atoms with Crippen molar-refractivity contribution in [1.29, 1.82) is 0 Å². The van der Waals surface area contributed by atoms with Crippen molar-refractivity contribution in [2.75, 3.05) is 27.9 Å². The first-order chi connectivity index (χ1) is 6.20. The largest absolute Gasteiger partial charge is 0.396 e. The molecular weight excluding hydrogens is 170 g/mol. The van der Waals surface area contributed by atoms with Gasteiger partial charge in [-0.05, 0) is 19.9 Å². The molecule has 0 aromatic heterocycles. The fourth-order valence-electron chi connectivity index (χ4n) is 2.08. The van der Waals surface area contributed by atoms with Crippen molar-refractivity contribution in [2.24, 2.45) is 0 Å². The monoisotopic (exact) mass is 189 g/mol. The van der Waals surface area contributed by atoms with Gasteiger partial charge in [-0.15, -0.1) is 0 Å². The number of hydrogen-bond acceptors (Lipinski definition) is 4. The zero-order valence-corrected chi connectivity index (χ0v) is 8.62. The first kappa shape index (κ1) is 10.9. The van der Waals surface area contributed by atoms with E-state index < -0.39 is 0 Å². The molecule has 0 unspecified atom stereocenters. The van der Waals surface area contributed by atoms with Crippen LogP contribution in [0.4, 0.5) is 0 Å². The maximum atomic E-state index is 8.95. The van der Waals surface area contributed by atoms with Gasteiger partial charge in [-0.1, -0.05) is 0 Å². The number of hydrogen-bond donors (Lipinski definition) is 1. The maximum absolute atomic E-state index is 8.95. The number of rotatable bonds is 4. The first-order valence-electron chi connectivity index (χ1n) is 4.62. The molecule has 0 saturated carbocycles. The average Bonchev–Trinajstić information content (AvgIpc) is 2.45. The molecule has 0 spiro atoms. The summed E-state index contributed by atoms with van der Waals surface area (Å²) >= 11 is 0. The summed E-state index contributed by atoms with van der Waals surface area (Å²) in [6.45, 7) is 0.147. The van der Waals surface area contributed by atoms with Gasteiger partial charge >= 0.3 is 0 Å². The quantitative estimate of drug-likeness (QED) is 0.695. The lowest BCUT2D eigenvalue weighted by Gasteiger charge is -2.36. The molecule has 4 nitrogen and oxygen atoms in total. The van der Waals surface area contributed by atoms with E-state index in [-0.39, 0.29) is 18.6 Å². The Bertz CT molecular complexity index is 165. The number of aliphatic hydroxyl groups is 1. The predicted molar refractivity (Wildman–Crippen MR) is 49.2 cm³/mol. The van der Waals surface area contributed by atoms with Crippen LogP contribution in [0.25, 0.3) is 0 Å². The first-order valence-corrected chi connectivity index (χ1v) is 4.62. The van der Waals surface area contributed by atoms with Crippen LogP contribution >= 0.6 is 0 Å². The van der Waals surface area contributed by atoms with E-state index in [9.17, 15) is 0 Å². The molecule has 2 atom stereocenters. The van der Waals surface area contributed by atoms with Crippen LogP contribution in [-0.4, -0.2) is 49.8 Å². The molecule has 1 N–H and O–H groups in total. The molecule has 1 heterocycles. The lowest BCUT2D eigenvalue weighted by Crippen LogP contribution is -2.47. The van der Waals surface area contributed by atoms with Gasteiger partial charge in [0.2, 0.25) is 0 Å².